The second kappa shape index (κ2) is 7.87. The van der Waals surface area contributed by atoms with Gasteiger partial charge in [-0.1, -0.05) is 66.7 Å². The smallest absolute Gasteiger partial charge is 0.407 e. The SMILES string of the molecule is Cc1cc(CNC(=O)OCC2c3ccccc3-c3ccccc32)ccc1CO. The molecule has 0 bridgehead atoms. The van der Waals surface area contributed by atoms with Crippen molar-refractivity contribution >= 4 is 6.09 Å². The van der Waals surface area contributed by atoms with Gasteiger partial charge in [0.2, 0.25) is 0 Å². The predicted molar refractivity (Wildman–Crippen MR) is 109 cm³/mol. The second-order valence-electron chi connectivity index (χ2n) is 7.10. The van der Waals surface area contributed by atoms with Crippen molar-refractivity contribution in [3.8, 4) is 11.1 Å². The molecule has 3 aromatic rings. The minimum atomic E-state index is -0.425. The van der Waals surface area contributed by atoms with Crippen LogP contribution in [0, 0.1) is 6.92 Å². The highest BCUT2D eigenvalue weighted by atomic mass is 16.5. The van der Waals surface area contributed by atoms with Crippen LogP contribution in [0.15, 0.2) is 66.7 Å². The Morgan fingerprint density at radius 1 is 1.00 bits per heavy atom. The third kappa shape index (κ3) is 3.51. The van der Waals surface area contributed by atoms with E-state index in [-0.39, 0.29) is 12.5 Å². The van der Waals surface area contributed by atoms with Crippen LogP contribution in [-0.4, -0.2) is 17.8 Å². The number of fused-ring (bicyclic) bond motifs is 3. The number of hydrogen-bond donors (Lipinski definition) is 2. The molecular weight excluding hydrogens is 350 g/mol. The summed E-state index contributed by atoms with van der Waals surface area (Å²) in [6.45, 7) is 2.67. The van der Waals surface area contributed by atoms with Gasteiger partial charge in [-0.3, -0.25) is 0 Å². The van der Waals surface area contributed by atoms with Gasteiger partial charge < -0.3 is 15.2 Å². The van der Waals surface area contributed by atoms with Crippen LogP contribution in [0.5, 0.6) is 0 Å². The minimum Gasteiger partial charge on any atom is -0.449 e. The first-order chi connectivity index (χ1) is 13.7. The Morgan fingerprint density at radius 3 is 2.25 bits per heavy atom. The van der Waals surface area contributed by atoms with Crippen LogP contribution in [-0.2, 0) is 17.9 Å². The number of aryl methyl sites for hydroxylation is 1. The van der Waals surface area contributed by atoms with E-state index in [2.05, 4.69) is 29.6 Å². The Morgan fingerprint density at radius 2 is 1.64 bits per heavy atom. The third-order valence-electron chi connectivity index (χ3n) is 5.36. The molecule has 3 aromatic carbocycles. The van der Waals surface area contributed by atoms with Crippen LogP contribution in [0.25, 0.3) is 11.1 Å². The molecule has 28 heavy (non-hydrogen) atoms. The van der Waals surface area contributed by atoms with Gasteiger partial charge in [0, 0.05) is 12.5 Å². The standard InChI is InChI=1S/C24H23NO3/c1-16-12-17(10-11-18(16)14-26)13-25-24(27)28-15-23-21-8-4-2-6-19(21)20-7-3-5-9-22(20)23/h2-12,23,26H,13-15H2,1H3,(H,25,27). The minimum absolute atomic E-state index is 0.0198. The molecule has 0 aliphatic heterocycles. The van der Waals surface area contributed by atoms with Crippen LogP contribution in [0.1, 0.15) is 33.7 Å². The molecule has 2 N–H and O–H groups in total. The molecule has 0 saturated carbocycles. The number of aliphatic hydroxyl groups is 1. The van der Waals surface area contributed by atoms with Crippen molar-refractivity contribution in [3.63, 3.8) is 0 Å². The number of hydrogen-bond acceptors (Lipinski definition) is 3. The first-order valence-corrected chi connectivity index (χ1v) is 9.45. The summed E-state index contributed by atoms with van der Waals surface area (Å²) >= 11 is 0. The average Bonchev–Trinajstić information content (AvgIpc) is 3.05. The molecule has 0 aromatic heterocycles. The molecule has 0 saturated heterocycles. The maximum atomic E-state index is 12.2. The van der Waals surface area contributed by atoms with Crippen LogP contribution >= 0.6 is 0 Å². The van der Waals surface area contributed by atoms with Crippen LogP contribution in [0.4, 0.5) is 4.79 Å². The summed E-state index contributed by atoms with van der Waals surface area (Å²) in [6.07, 6.45) is -0.425. The van der Waals surface area contributed by atoms with E-state index in [1.54, 1.807) is 0 Å². The fourth-order valence-electron chi connectivity index (χ4n) is 3.87. The Labute approximate surface area is 164 Å². The van der Waals surface area contributed by atoms with Crippen LogP contribution < -0.4 is 5.32 Å². The monoisotopic (exact) mass is 373 g/mol. The molecule has 0 radical (unpaired) electrons. The van der Waals surface area contributed by atoms with Gasteiger partial charge in [-0.15, -0.1) is 0 Å². The van der Waals surface area contributed by atoms with E-state index in [9.17, 15) is 9.90 Å². The number of nitrogens with one attached hydrogen (secondary N) is 1. The number of carbonyl (C=O) groups is 1. The van der Waals surface area contributed by atoms with E-state index in [0.717, 1.165) is 16.7 Å². The molecule has 4 rings (SSSR count). The van der Waals surface area contributed by atoms with Crippen molar-refractivity contribution in [2.24, 2.45) is 0 Å². The summed E-state index contributed by atoms with van der Waals surface area (Å²) in [5.41, 5.74) is 7.71. The zero-order chi connectivity index (χ0) is 19.5. The fraction of sp³-hybridized carbons (Fsp3) is 0.208. The van der Waals surface area contributed by atoms with Crippen molar-refractivity contribution < 1.29 is 14.6 Å². The molecule has 0 heterocycles. The molecule has 4 nitrogen and oxygen atoms in total. The van der Waals surface area contributed by atoms with Crippen molar-refractivity contribution in [2.45, 2.75) is 26.0 Å². The lowest BCUT2D eigenvalue weighted by Crippen LogP contribution is -2.25. The van der Waals surface area contributed by atoms with Crippen molar-refractivity contribution in [1.82, 2.24) is 5.32 Å². The zero-order valence-corrected chi connectivity index (χ0v) is 15.8. The van der Waals surface area contributed by atoms with Gasteiger partial charge in [-0.25, -0.2) is 4.79 Å². The van der Waals surface area contributed by atoms with Crippen LogP contribution in [0.2, 0.25) is 0 Å². The van der Waals surface area contributed by atoms with Gasteiger partial charge in [0.1, 0.15) is 6.61 Å². The van der Waals surface area contributed by atoms with E-state index in [1.165, 1.54) is 22.3 Å². The molecular formula is C24H23NO3. The molecule has 0 spiro atoms. The highest BCUT2D eigenvalue weighted by Gasteiger charge is 2.28. The average molecular weight is 373 g/mol. The molecule has 0 unspecified atom stereocenters. The number of alkyl carbamates (subject to hydrolysis) is 1. The van der Waals surface area contributed by atoms with Crippen molar-refractivity contribution in [1.29, 1.82) is 0 Å². The maximum Gasteiger partial charge on any atom is 0.407 e. The van der Waals surface area contributed by atoms with Gasteiger partial charge in [-0.2, -0.15) is 0 Å². The van der Waals surface area contributed by atoms with E-state index in [1.807, 2.05) is 49.4 Å². The van der Waals surface area contributed by atoms with Crippen molar-refractivity contribution in [2.75, 3.05) is 6.61 Å². The molecule has 0 atom stereocenters. The lowest BCUT2D eigenvalue weighted by molar-refractivity contribution is 0.142. The highest BCUT2D eigenvalue weighted by molar-refractivity contribution is 5.79. The zero-order valence-electron chi connectivity index (χ0n) is 15.8. The molecule has 142 valence electrons. The molecule has 0 fully saturated rings. The number of rotatable bonds is 5. The predicted octanol–water partition coefficient (Wildman–Crippen LogP) is 4.53. The van der Waals surface area contributed by atoms with Crippen LogP contribution in [0.3, 0.4) is 0 Å². The molecule has 1 aliphatic carbocycles. The summed E-state index contributed by atoms with van der Waals surface area (Å²) in [6, 6.07) is 22.3. The largest absolute Gasteiger partial charge is 0.449 e. The Balaban J connectivity index is 1.39. The summed E-state index contributed by atoms with van der Waals surface area (Å²) in [5.74, 6) is 0.0595. The summed E-state index contributed by atoms with van der Waals surface area (Å²) < 4.78 is 5.55. The van der Waals surface area contributed by atoms with Gasteiger partial charge in [0.25, 0.3) is 0 Å². The number of aliphatic hydroxyl groups excluding tert-OH is 1. The Bertz CT molecular complexity index is 967. The van der Waals surface area contributed by atoms with Gasteiger partial charge in [0.15, 0.2) is 0 Å². The second-order valence-corrected chi connectivity index (χ2v) is 7.10. The molecule has 1 aliphatic rings. The first-order valence-electron chi connectivity index (χ1n) is 9.45. The topological polar surface area (TPSA) is 58.6 Å². The quantitative estimate of drug-likeness (QED) is 0.691. The summed E-state index contributed by atoms with van der Waals surface area (Å²) in [5, 5.41) is 12.1. The number of ether oxygens (including phenoxy) is 1. The number of carbonyl (C=O) groups excluding carboxylic acids is 1. The van der Waals surface area contributed by atoms with Gasteiger partial charge in [0.05, 0.1) is 6.61 Å². The summed E-state index contributed by atoms with van der Waals surface area (Å²) in [4.78, 5) is 12.2. The lowest BCUT2D eigenvalue weighted by atomic mass is 9.98. The van der Waals surface area contributed by atoms with Gasteiger partial charge in [-0.05, 0) is 45.9 Å². The molecule has 1 amide bonds. The lowest BCUT2D eigenvalue weighted by Gasteiger charge is -2.15. The van der Waals surface area contributed by atoms with E-state index < -0.39 is 6.09 Å². The summed E-state index contributed by atoms with van der Waals surface area (Å²) in [7, 11) is 0. The third-order valence-corrected chi connectivity index (χ3v) is 5.36. The van der Waals surface area contributed by atoms with Crippen molar-refractivity contribution in [3.05, 3.63) is 94.5 Å². The molecule has 4 heteroatoms. The normalized spacial score (nSPS) is 12.4. The van der Waals surface area contributed by atoms with E-state index >= 15 is 0 Å². The van der Waals surface area contributed by atoms with E-state index in [0.29, 0.717) is 13.2 Å². The highest BCUT2D eigenvalue weighted by Crippen LogP contribution is 2.44. The Kier molecular flexibility index (Phi) is 5.13. The number of amides is 1. The van der Waals surface area contributed by atoms with Gasteiger partial charge >= 0.3 is 6.09 Å². The first kappa shape index (κ1) is 18.3. The fourth-order valence-corrected chi connectivity index (χ4v) is 3.87. The Hall–Kier alpha value is -3.11. The number of benzene rings is 3. The van der Waals surface area contributed by atoms with E-state index in [4.69, 9.17) is 4.74 Å². The maximum absolute atomic E-state index is 12.2.